The Morgan fingerprint density at radius 2 is 1.89 bits per heavy atom. The Labute approximate surface area is 109 Å². The first-order valence-corrected chi connectivity index (χ1v) is 7.45. The molecule has 2 rings (SSSR count). The second kappa shape index (κ2) is 4.66. The highest BCUT2D eigenvalue weighted by Crippen LogP contribution is 2.20. The number of benzene rings is 1. The molecule has 0 aliphatic carbocycles. The number of alkyl halides is 1. The molecule has 1 unspecified atom stereocenters. The minimum atomic E-state index is -3.20. The van der Waals surface area contributed by atoms with Crippen LogP contribution >= 0.6 is 11.6 Å². The second-order valence-electron chi connectivity index (χ2n) is 3.83. The minimum absolute atomic E-state index is 0.250. The Hall–Kier alpha value is -1.47. The van der Waals surface area contributed by atoms with Crippen molar-refractivity contribution in [3.8, 4) is 5.69 Å². The van der Waals surface area contributed by atoms with E-state index in [2.05, 4.69) is 15.5 Å². The third-order valence-corrected chi connectivity index (χ3v) is 3.68. The average Bonchev–Trinajstić information content (AvgIpc) is 2.77. The van der Waals surface area contributed by atoms with Crippen LogP contribution < -0.4 is 0 Å². The van der Waals surface area contributed by atoms with E-state index < -0.39 is 9.84 Å². The molecule has 1 heterocycles. The molecule has 0 fully saturated rings. The van der Waals surface area contributed by atoms with Crippen molar-refractivity contribution in [3.05, 3.63) is 30.1 Å². The number of halogens is 1. The van der Waals surface area contributed by atoms with Gasteiger partial charge >= 0.3 is 0 Å². The smallest absolute Gasteiger partial charge is 0.175 e. The minimum Gasteiger partial charge on any atom is -0.224 e. The highest BCUT2D eigenvalue weighted by atomic mass is 35.5. The van der Waals surface area contributed by atoms with Gasteiger partial charge < -0.3 is 0 Å². The SMILES string of the molecule is CC(Cl)c1nnnn1-c1ccc(S(C)(=O)=O)cc1. The Morgan fingerprint density at radius 1 is 1.28 bits per heavy atom. The van der Waals surface area contributed by atoms with Gasteiger partial charge in [0.15, 0.2) is 15.7 Å². The van der Waals surface area contributed by atoms with E-state index in [-0.39, 0.29) is 10.3 Å². The van der Waals surface area contributed by atoms with Gasteiger partial charge in [0.25, 0.3) is 0 Å². The van der Waals surface area contributed by atoms with Crippen LogP contribution in [0.1, 0.15) is 18.1 Å². The van der Waals surface area contributed by atoms with E-state index in [0.29, 0.717) is 11.5 Å². The molecule has 0 N–H and O–H groups in total. The molecule has 1 aromatic heterocycles. The summed E-state index contributed by atoms with van der Waals surface area (Å²) in [4.78, 5) is 0.250. The molecule has 0 bridgehead atoms. The lowest BCUT2D eigenvalue weighted by molar-refractivity contribution is 0.602. The first-order chi connectivity index (χ1) is 8.39. The number of rotatable bonds is 3. The summed E-state index contributed by atoms with van der Waals surface area (Å²) in [6.45, 7) is 1.76. The fourth-order valence-corrected chi connectivity index (χ4v) is 2.23. The molecule has 18 heavy (non-hydrogen) atoms. The number of hydrogen-bond acceptors (Lipinski definition) is 5. The third kappa shape index (κ3) is 2.51. The van der Waals surface area contributed by atoms with Crippen LogP contribution in [0.25, 0.3) is 5.69 Å². The Balaban J connectivity index is 2.44. The van der Waals surface area contributed by atoms with Crippen LogP contribution in [0.4, 0.5) is 0 Å². The van der Waals surface area contributed by atoms with Crippen molar-refractivity contribution in [2.75, 3.05) is 6.26 Å². The van der Waals surface area contributed by atoms with E-state index in [0.717, 1.165) is 6.26 Å². The predicted octanol–water partition coefficient (Wildman–Crippen LogP) is 1.37. The molecule has 0 saturated heterocycles. The standard InChI is InChI=1S/C10H11ClN4O2S/c1-7(11)10-12-13-14-15(10)8-3-5-9(6-4-8)18(2,16)17/h3-7H,1-2H3. The molecule has 96 valence electrons. The van der Waals surface area contributed by atoms with Crippen molar-refractivity contribution < 1.29 is 8.42 Å². The summed E-state index contributed by atoms with van der Waals surface area (Å²) in [7, 11) is -3.20. The van der Waals surface area contributed by atoms with Gasteiger partial charge in [-0.2, -0.15) is 4.68 Å². The molecule has 0 spiro atoms. The Bertz CT molecular complexity index is 649. The summed E-state index contributed by atoms with van der Waals surface area (Å²) in [5, 5.41) is 10.8. The Morgan fingerprint density at radius 3 is 2.39 bits per heavy atom. The molecule has 0 saturated carbocycles. The van der Waals surface area contributed by atoms with E-state index in [1.54, 1.807) is 19.1 Å². The highest BCUT2D eigenvalue weighted by Gasteiger charge is 2.14. The quantitative estimate of drug-likeness (QED) is 0.796. The van der Waals surface area contributed by atoms with Gasteiger partial charge in [0.1, 0.15) is 0 Å². The highest BCUT2D eigenvalue weighted by molar-refractivity contribution is 7.90. The zero-order chi connectivity index (χ0) is 13.3. The normalized spacial score (nSPS) is 13.5. The summed E-state index contributed by atoms with van der Waals surface area (Å²) < 4.78 is 24.2. The largest absolute Gasteiger partial charge is 0.224 e. The van der Waals surface area contributed by atoms with Crippen molar-refractivity contribution >= 4 is 21.4 Å². The van der Waals surface area contributed by atoms with Gasteiger partial charge in [-0.25, -0.2) is 8.42 Å². The van der Waals surface area contributed by atoms with Crippen LogP contribution in [0.2, 0.25) is 0 Å². The summed E-state index contributed by atoms with van der Waals surface area (Å²) in [6.07, 6.45) is 1.16. The monoisotopic (exact) mass is 286 g/mol. The van der Waals surface area contributed by atoms with Crippen molar-refractivity contribution in [3.63, 3.8) is 0 Å². The maximum atomic E-state index is 11.3. The van der Waals surface area contributed by atoms with Crippen molar-refractivity contribution in [1.82, 2.24) is 20.2 Å². The topological polar surface area (TPSA) is 77.7 Å². The van der Waals surface area contributed by atoms with Gasteiger partial charge in [-0.1, -0.05) is 0 Å². The number of sulfone groups is 1. The molecule has 6 nitrogen and oxygen atoms in total. The molecule has 0 amide bonds. The molecule has 0 aliphatic heterocycles. The molecule has 8 heteroatoms. The van der Waals surface area contributed by atoms with Gasteiger partial charge in [0, 0.05) is 6.26 Å². The molecule has 2 aromatic rings. The maximum absolute atomic E-state index is 11.3. The Kier molecular flexibility index (Phi) is 3.36. The summed E-state index contributed by atoms with van der Waals surface area (Å²) in [6, 6.07) is 6.29. The zero-order valence-corrected chi connectivity index (χ0v) is 11.4. The molecular formula is C10H11ClN4O2S. The molecule has 1 aromatic carbocycles. The number of hydrogen-bond donors (Lipinski definition) is 0. The lowest BCUT2D eigenvalue weighted by Gasteiger charge is -2.06. The predicted molar refractivity (Wildman–Crippen MR) is 66.5 cm³/mol. The number of tetrazole rings is 1. The van der Waals surface area contributed by atoms with Gasteiger partial charge in [-0.15, -0.1) is 16.7 Å². The van der Waals surface area contributed by atoms with Gasteiger partial charge in [0.2, 0.25) is 0 Å². The number of nitrogens with zero attached hydrogens (tertiary/aromatic N) is 4. The van der Waals surface area contributed by atoms with Crippen LogP contribution in [-0.2, 0) is 9.84 Å². The molecular weight excluding hydrogens is 276 g/mol. The molecule has 0 radical (unpaired) electrons. The van der Waals surface area contributed by atoms with Crippen molar-refractivity contribution in [2.24, 2.45) is 0 Å². The van der Waals surface area contributed by atoms with E-state index in [1.807, 2.05) is 0 Å². The fourth-order valence-electron chi connectivity index (χ4n) is 1.46. The van der Waals surface area contributed by atoms with E-state index in [4.69, 9.17) is 11.6 Å². The van der Waals surface area contributed by atoms with E-state index in [9.17, 15) is 8.42 Å². The first kappa shape index (κ1) is 13.0. The third-order valence-electron chi connectivity index (χ3n) is 2.36. The van der Waals surface area contributed by atoms with Crippen LogP contribution in [0.15, 0.2) is 29.2 Å². The fraction of sp³-hybridized carbons (Fsp3) is 0.300. The van der Waals surface area contributed by atoms with Crippen LogP contribution in [-0.4, -0.2) is 34.9 Å². The molecule has 0 aliphatic rings. The van der Waals surface area contributed by atoms with Crippen LogP contribution in [0.3, 0.4) is 0 Å². The van der Waals surface area contributed by atoms with Gasteiger partial charge in [0.05, 0.1) is 16.0 Å². The zero-order valence-electron chi connectivity index (χ0n) is 9.78. The molecule has 1 atom stereocenters. The van der Waals surface area contributed by atoms with Crippen LogP contribution in [0.5, 0.6) is 0 Å². The number of aromatic nitrogens is 4. The van der Waals surface area contributed by atoms with Crippen molar-refractivity contribution in [2.45, 2.75) is 17.2 Å². The second-order valence-corrected chi connectivity index (χ2v) is 6.50. The summed E-state index contributed by atoms with van der Waals surface area (Å²) >= 11 is 5.94. The average molecular weight is 287 g/mol. The lowest BCUT2D eigenvalue weighted by atomic mass is 10.3. The lowest BCUT2D eigenvalue weighted by Crippen LogP contribution is -2.04. The van der Waals surface area contributed by atoms with E-state index >= 15 is 0 Å². The summed E-state index contributed by atoms with van der Waals surface area (Å²) in [5.74, 6) is 0.503. The maximum Gasteiger partial charge on any atom is 0.175 e. The first-order valence-electron chi connectivity index (χ1n) is 5.12. The van der Waals surface area contributed by atoms with Crippen molar-refractivity contribution in [1.29, 1.82) is 0 Å². The van der Waals surface area contributed by atoms with Crippen LogP contribution in [0, 0.1) is 0 Å². The van der Waals surface area contributed by atoms with E-state index in [1.165, 1.54) is 16.8 Å². The van der Waals surface area contributed by atoms with Gasteiger partial charge in [-0.05, 0) is 41.6 Å². The van der Waals surface area contributed by atoms with Gasteiger partial charge in [-0.3, -0.25) is 0 Å². The summed E-state index contributed by atoms with van der Waals surface area (Å²) in [5.41, 5.74) is 0.662.